The molecule has 0 amide bonds. The summed E-state index contributed by atoms with van der Waals surface area (Å²) >= 11 is 0. The van der Waals surface area contributed by atoms with Crippen molar-refractivity contribution in [3.05, 3.63) is 67.0 Å². The van der Waals surface area contributed by atoms with Gasteiger partial charge in [0.05, 0.1) is 5.69 Å². The highest BCUT2D eigenvalue weighted by Gasteiger charge is 2.02. The molecule has 1 nitrogen and oxygen atoms in total. The van der Waals surface area contributed by atoms with Gasteiger partial charge >= 0.3 is 0 Å². The van der Waals surface area contributed by atoms with Gasteiger partial charge in [-0.2, -0.15) is 0 Å². The van der Waals surface area contributed by atoms with E-state index in [-0.39, 0.29) is 0 Å². The van der Waals surface area contributed by atoms with Gasteiger partial charge in [0.2, 0.25) is 0 Å². The van der Waals surface area contributed by atoms with Crippen LogP contribution in [0.25, 0.3) is 11.1 Å². The summed E-state index contributed by atoms with van der Waals surface area (Å²) in [6.45, 7) is 3.75. The first-order chi connectivity index (χ1) is 7.42. The normalized spacial score (nSPS) is 9.87. The molecule has 0 aliphatic heterocycles. The Morgan fingerprint density at radius 1 is 1.07 bits per heavy atom. The second kappa shape index (κ2) is 4.56. The third-order valence-electron chi connectivity index (χ3n) is 2.31. The average Bonchev–Trinajstić information content (AvgIpc) is 2.31. The number of nitrogens with zero attached hydrogens (tertiary/aromatic N) is 1. The van der Waals surface area contributed by atoms with Crippen LogP contribution < -0.4 is 0 Å². The minimum absolute atomic E-state index is 0.811. The van der Waals surface area contributed by atoms with Crippen LogP contribution in [0.5, 0.6) is 0 Å². The number of allylic oxidation sites excluding steroid dienone is 1. The predicted molar refractivity (Wildman–Crippen MR) is 63.6 cm³/mol. The lowest BCUT2D eigenvalue weighted by Gasteiger charge is -2.06. The van der Waals surface area contributed by atoms with Crippen LogP contribution >= 0.6 is 0 Å². The summed E-state index contributed by atoms with van der Waals surface area (Å²) in [4.78, 5) is 4.37. The van der Waals surface area contributed by atoms with Crippen LogP contribution in [0, 0.1) is 0 Å². The van der Waals surface area contributed by atoms with Crippen molar-refractivity contribution in [3.8, 4) is 11.1 Å². The quantitative estimate of drug-likeness (QED) is 0.683. The summed E-state index contributed by atoms with van der Waals surface area (Å²) in [5, 5.41) is 0. The van der Waals surface area contributed by atoms with Gasteiger partial charge in [0.25, 0.3) is 0 Å². The van der Waals surface area contributed by atoms with Gasteiger partial charge in [0, 0.05) is 18.2 Å². The molecule has 0 radical (unpaired) electrons. The number of rotatable bonds is 3. The van der Waals surface area contributed by atoms with E-state index in [1.807, 2.05) is 36.5 Å². The van der Waals surface area contributed by atoms with Crippen molar-refractivity contribution in [2.75, 3.05) is 0 Å². The molecule has 1 aromatic heterocycles. The zero-order valence-corrected chi connectivity index (χ0v) is 8.56. The summed E-state index contributed by atoms with van der Waals surface area (Å²) in [7, 11) is 0. The molecule has 1 heteroatoms. The molecule has 74 valence electrons. The topological polar surface area (TPSA) is 12.9 Å². The van der Waals surface area contributed by atoms with Crippen LogP contribution in [0.3, 0.4) is 0 Å². The minimum atomic E-state index is 0.811. The molecule has 2 aromatic rings. The average molecular weight is 195 g/mol. The Hall–Kier alpha value is -1.89. The predicted octanol–water partition coefficient (Wildman–Crippen LogP) is 3.48. The smallest absolute Gasteiger partial charge is 0.0519 e. The molecule has 0 bridgehead atoms. The van der Waals surface area contributed by atoms with Crippen molar-refractivity contribution in [1.29, 1.82) is 0 Å². The van der Waals surface area contributed by atoms with E-state index in [0.717, 1.165) is 12.1 Å². The van der Waals surface area contributed by atoms with E-state index < -0.39 is 0 Å². The molecule has 1 aromatic carbocycles. The lowest BCUT2D eigenvalue weighted by molar-refractivity contribution is 1.12. The number of benzene rings is 1. The van der Waals surface area contributed by atoms with E-state index in [9.17, 15) is 0 Å². The summed E-state index contributed by atoms with van der Waals surface area (Å²) in [5.41, 5.74) is 3.49. The maximum atomic E-state index is 4.37. The summed E-state index contributed by atoms with van der Waals surface area (Å²) in [6.07, 6.45) is 4.52. The van der Waals surface area contributed by atoms with Crippen molar-refractivity contribution in [1.82, 2.24) is 4.98 Å². The molecule has 1 heterocycles. The highest BCUT2D eigenvalue weighted by Crippen LogP contribution is 2.21. The Labute approximate surface area is 90.1 Å². The van der Waals surface area contributed by atoms with Crippen LogP contribution in [-0.2, 0) is 6.42 Å². The van der Waals surface area contributed by atoms with Gasteiger partial charge in [0.15, 0.2) is 0 Å². The number of hydrogen-bond acceptors (Lipinski definition) is 1. The molecule has 0 fully saturated rings. The molecule has 0 aliphatic carbocycles. The molecule has 0 spiro atoms. The first-order valence-electron chi connectivity index (χ1n) is 5.02. The highest BCUT2D eigenvalue weighted by atomic mass is 14.7. The molecular formula is C14H13N. The van der Waals surface area contributed by atoms with E-state index in [1.165, 1.54) is 11.1 Å². The molecular weight excluding hydrogens is 182 g/mol. The largest absolute Gasteiger partial charge is 0.260 e. The maximum absolute atomic E-state index is 4.37. The fourth-order valence-corrected chi connectivity index (χ4v) is 1.62. The Kier molecular flexibility index (Phi) is 2.93. The number of aromatic nitrogens is 1. The lowest BCUT2D eigenvalue weighted by atomic mass is 10.0. The van der Waals surface area contributed by atoms with E-state index in [0.29, 0.717) is 0 Å². The maximum Gasteiger partial charge on any atom is 0.0519 e. The van der Waals surface area contributed by atoms with Crippen LogP contribution in [0.2, 0.25) is 0 Å². The van der Waals surface area contributed by atoms with Crippen molar-refractivity contribution < 1.29 is 0 Å². The summed E-state index contributed by atoms with van der Waals surface area (Å²) in [5.74, 6) is 0. The zero-order valence-electron chi connectivity index (χ0n) is 8.56. The van der Waals surface area contributed by atoms with E-state index in [1.54, 1.807) is 0 Å². The van der Waals surface area contributed by atoms with Gasteiger partial charge < -0.3 is 0 Å². The number of pyridine rings is 1. The van der Waals surface area contributed by atoms with Crippen molar-refractivity contribution in [3.63, 3.8) is 0 Å². The molecule has 0 atom stereocenters. The van der Waals surface area contributed by atoms with E-state index in [4.69, 9.17) is 0 Å². The van der Waals surface area contributed by atoms with Crippen molar-refractivity contribution >= 4 is 0 Å². The lowest BCUT2D eigenvalue weighted by Crippen LogP contribution is -1.91. The van der Waals surface area contributed by atoms with Gasteiger partial charge in [-0.3, -0.25) is 4.98 Å². The van der Waals surface area contributed by atoms with Crippen LogP contribution in [0.1, 0.15) is 5.69 Å². The summed E-state index contributed by atoms with van der Waals surface area (Å²) in [6, 6.07) is 14.4. The minimum Gasteiger partial charge on any atom is -0.260 e. The fourth-order valence-electron chi connectivity index (χ4n) is 1.62. The fraction of sp³-hybridized carbons (Fsp3) is 0.0714. The Balaban J connectivity index is 2.48. The molecule has 0 saturated heterocycles. The standard InChI is InChI=1S/C14H13N/c1-2-7-14-13(10-6-11-15-14)12-8-4-3-5-9-12/h2-6,8-11H,1,7H2. The van der Waals surface area contributed by atoms with Gasteiger partial charge in [-0.1, -0.05) is 42.5 Å². The Morgan fingerprint density at radius 3 is 2.60 bits per heavy atom. The van der Waals surface area contributed by atoms with E-state index in [2.05, 4.69) is 29.8 Å². The Morgan fingerprint density at radius 2 is 1.87 bits per heavy atom. The molecule has 0 N–H and O–H groups in total. The molecule has 0 saturated carbocycles. The molecule has 0 aliphatic rings. The second-order valence-electron chi connectivity index (χ2n) is 3.36. The first-order valence-corrected chi connectivity index (χ1v) is 5.02. The van der Waals surface area contributed by atoms with Crippen LogP contribution in [0.15, 0.2) is 61.3 Å². The molecule has 0 unspecified atom stereocenters. The van der Waals surface area contributed by atoms with Crippen LogP contribution in [0.4, 0.5) is 0 Å². The first kappa shape index (κ1) is 9.66. The zero-order chi connectivity index (χ0) is 10.5. The molecule has 2 rings (SSSR count). The van der Waals surface area contributed by atoms with Crippen molar-refractivity contribution in [2.45, 2.75) is 6.42 Å². The molecule has 15 heavy (non-hydrogen) atoms. The van der Waals surface area contributed by atoms with Crippen LogP contribution in [-0.4, -0.2) is 4.98 Å². The third kappa shape index (κ3) is 2.13. The third-order valence-corrected chi connectivity index (χ3v) is 2.31. The number of hydrogen-bond donors (Lipinski definition) is 0. The SMILES string of the molecule is C=CCc1ncccc1-c1ccccc1. The highest BCUT2D eigenvalue weighted by molar-refractivity contribution is 5.65. The second-order valence-corrected chi connectivity index (χ2v) is 3.36. The van der Waals surface area contributed by atoms with Gasteiger partial charge in [-0.25, -0.2) is 0 Å². The van der Waals surface area contributed by atoms with Gasteiger partial charge in [0.1, 0.15) is 0 Å². The Bertz CT molecular complexity index is 446. The van der Waals surface area contributed by atoms with E-state index >= 15 is 0 Å². The van der Waals surface area contributed by atoms with Crippen molar-refractivity contribution in [2.24, 2.45) is 0 Å². The van der Waals surface area contributed by atoms with Gasteiger partial charge in [-0.15, -0.1) is 6.58 Å². The van der Waals surface area contributed by atoms with Gasteiger partial charge in [-0.05, 0) is 11.6 Å². The summed E-state index contributed by atoms with van der Waals surface area (Å²) < 4.78 is 0. The monoisotopic (exact) mass is 195 g/mol.